The Morgan fingerprint density at radius 3 is 2.74 bits per heavy atom. The first-order valence-electron chi connectivity index (χ1n) is 8.99. The van der Waals surface area contributed by atoms with Gasteiger partial charge in [-0.2, -0.15) is 0 Å². The molecular formula is C20H21N3O4. The zero-order chi connectivity index (χ0) is 18.6. The molecule has 27 heavy (non-hydrogen) atoms. The minimum atomic E-state index is -0.456. The van der Waals surface area contributed by atoms with Crippen LogP contribution in [0.25, 0.3) is 0 Å². The number of hydrogen-bond donors (Lipinski definition) is 2. The van der Waals surface area contributed by atoms with Crippen LogP contribution in [0.15, 0.2) is 48.5 Å². The molecule has 1 saturated heterocycles. The predicted molar refractivity (Wildman–Crippen MR) is 99.6 cm³/mol. The molecule has 0 aliphatic carbocycles. The van der Waals surface area contributed by atoms with Crippen LogP contribution in [0, 0.1) is 0 Å². The molecule has 1 fully saturated rings. The normalized spacial score (nSPS) is 17.6. The number of nitrogens with zero attached hydrogens (tertiary/aromatic N) is 1. The number of hydrogen-bond acceptors (Lipinski definition) is 4. The van der Waals surface area contributed by atoms with E-state index in [2.05, 4.69) is 10.6 Å². The van der Waals surface area contributed by atoms with Crippen molar-refractivity contribution in [2.45, 2.75) is 25.4 Å². The lowest BCUT2D eigenvalue weighted by Crippen LogP contribution is -2.47. The van der Waals surface area contributed by atoms with Crippen LogP contribution in [-0.4, -0.2) is 36.2 Å². The highest BCUT2D eigenvalue weighted by atomic mass is 16.7. The largest absolute Gasteiger partial charge is 0.454 e. The number of carbonyl (C=O) groups is 2. The first-order valence-corrected chi connectivity index (χ1v) is 8.99. The van der Waals surface area contributed by atoms with E-state index in [-0.39, 0.29) is 18.7 Å². The zero-order valence-corrected chi connectivity index (χ0v) is 14.8. The van der Waals surface area contributed by atoms with Crippen molar-refractivity contribution in [1.82, 2.24) is 10.2 Å². The first-order chi connectivity index (χ1) is 13.2. The monoisotopic (exact) mass is 367 g/mol. The van der Waals surface area contributed by atoms with Crippen LogP contribution >= 0.6 is 0 Å². The second kappa shape index (κ2) is 7.57. The maximum Gasteiger partial charge on any atom is 0.322 e. The van der Waals surface area contributed by atoms with Crippen LogP contribution in [-0.2, 0) is 11.3 Å². The van der Waals surface area contributed by atoms with Gasteiger partial charge in [-0.05, 0) is 42.7 Å². The fourth-order valence-corrected chi connectivity index (χ4v) is 3.36. The maximum atomic E-state index is 12.6. The van der Waals surface area contributed by atoms with Crippen molar-refractivity contribution < 1.29 is 19.1 Å². The van der Waals surface area contributed by atoms with E-state index in [1.54, 1.807) is 4.90 Å². The maximum absolute atomic E-state index is 12.6. The van der Waals surface area contributed by atoms with Gasteiger partial charge in [-0.3, -0.25) is 4.79 Å². The van der Waals surface area contributed by atoms with E-state index in [0.29, 0.717) is 36.7 Å². The van der Waals surface area contributed by atoms with Gasteiger partial charge in [0, 0.05) is 18.8 Å². The molecule has 0 bridgehead atoms. The van der Waals surface area contributed by atoms with Crippen LogP contribution in [0.2, 0.25) is 0 Å². The van der Waals surface area contributed by atoms with Crippen molar-refractivity contribution in [2.75, 3.05) is 18.7 Å². The molecule has 7 heteroatoms. The topological polar surface area (TPSA) is 79.9 Å². The van der Waals surface area contributed by atoms with E-state index in [4.69, 9.17) is 9.47 Å². The smallest absolute Gasteiger partial charge is 0.322 e. The third-order valence-corrected chi connectivity index (χ3v) is 4.75. The minimum absolute atomic E-state index is 0.145. The molecule has 2 aliphatic rings. The second-order valence-electron chi connectivity index (χ2n) is 6.55. The highest BCUT2D eigenvalue weighted by molar-refractivity contribution is 5.94. The number of rotatable bonds is 4. The van der Waals surface area contributed by atoms with Crippen molar-refractivity contribution in [3.63, 3.8) is 0 Å². The van der Waals surface area contributed by atoms with Gasteiger partial charge in [0.2, 0.25) is 12.7 Å². The number of para-hydroxylation sites is 1. The van der Waals surface area contributed by atoms with Crippen molar-refractivity contribution in [3.8, 4) is 11.5 Å². The number of fused-ring (bicyclic) bond motifs is 1. The molecule has 0 unspecified atom stereocenters. The molecule has 2 aromatic carbocycles. The molecular weight excluding hydrogens is 346 g/mol. The Balaban J connectivity index is 1.35. The lowest BCUT2D eigenvalue weighted by atomic mass is 10.1. The molecule has 0 aromatic heterocycles. The molecule has 0 saturated carbocycles. The second-order valence-corrected chi connectivity index (χ2v) is 6.55. The van der Waals surface area contributed by atoms with Gasteiger partial charge in [0.1, 0.15) is 6.04 Å². The summed E-state index contributed by atoms with van der Waals surface area (Å²) in [5.74, 6) is 1.25. The molecule has 140 valence electrons. The lowest BCUT2D eigenvalue weighted by Gasteiger charge is -2.24. The molecule has 2 aliphatic heterocycles. The molecule has 0 spiro atoms. The standard InChI is InChI=1S/C20H21N3O4/c24-19(21-12-14-8-9-17-18(11-14)27-13-26-17)16-7-4-10-23(16)20(25)22-15-5-2-1-3-6-15/h1-3,5-6,8-9,11,16H,4,7,10,12-13H2,(H,21,24)(H,22,25)/t16-/m1/s1. The highest BCUT2D eigenvalue weighted by Crippen LogP contribution is 2.32. The van der Waals surface area contributed by atoms with E-state index >= 15 is 0 Å². The minimum Gasteiger partial charge on any atom is -0.454 e. The number of urea groups is 1. The van der Waals surface area contributed by atoms with Gasteiger partial charge < -0.3 is 25.0 Å². The van der Waals surface area contributed by atoms with Gasteiger partial charge >= 0.3 is 6.03 Å². The highest BCUT2D eigenvalue weighted by Gasteiger charge is 2.34. The van der Waals surface area contributed by atoms with E-state index in [1.807, 2.05) is 48.5 Å². The summed E-state index contributed by atoms with van der Waals surface area (Å²) < 4.78 is 10.6. The Morgan fingerprint density at radius 2 is 1.89 bits per heavy atom. The Morgan fingerprint density at radius 1 is 1.07 bits per heavy atom. The van der Waals surface area contributed by atoms with E-state index in [9.17, 15) is 9.59 Å². The third kappa shape index (κ3) is 3.81. The van der Waals surface area contributed by atoms with E-state index in [0.717, 1.165) is 12.0 Å². The van der Waals surface area contributed by atoms with Gasteiger partial charge in [-0.1, -0.05) is 24.3 Å². The van der Waals surface area contributed by atoms with E-state index in [1.165, 1.54) is 0 Å². The summed E-state index contributed by atoms with van der Waals surface area (Å²) in [4.78, 5) is 26.8. The fraction of sp³-hybridized carbons (Fsp3) is 0.300. The first kappa shape index (κ1) is 17.2. The molecule has 7 nitrogen and oxygen atoms in total. The fourth-order valence-electron chi connectivity index (χ4n) is 3.36. The van der Waals surface area contributed by atoms with Crippen molar-refractivity contribution >= 4 is 17.6 Å². The van der Waals surface area contributed by atoms with Crippen molar-refractivity contribution in [1.29, 1.82) is 0 Å². The van der Waals surface area contributed by atoms with Crippen molar-refractivity contribution in [3.05, 3.63) is 54.1 Å². The van der Waals surface area contributed by atoms with Crippen molar-refractivity contribution in [2.24, 2.45) is 0 Å². The SMILES string of the molecule is O=C(NCc1ccc2c(c1)OCO2)[C@H]1CCCN1C(=O)Nc1ccccc1. The summed E-state index contributed by atoms with van der Waals surface area (Å²) in [7, 11) is 0. The van der Waals surface area contributed by atoms with Crippen LogP contribution < -0.4 is 20.1 Å². The Hall–Kier alpha value is -3.22. The summed E-state index contributed by atoms with van der Waals surface area (Å²) >= 11 is 0. The summed E-state index contributed by atoms with van der Waals surface area (Å²) in [5, 5.41) is 5.77. The molecule has 2 N–H and O–H groups in total. The van der Waals surface area contributed by atoms with Crippen LogP contribution in [0.5, 0.6) is 11.5 Å². The summed E-state index contributed by atoms with van der Waals surface area (Å²) in [6.07, 6.45) is 1.47. The Labute approximate surface area is 157 Å². The van der Waals surface area contributed by atoms with Gasteiger partial charge in [-0.15, -0.1) is 0 Å². The van der Waals surface area contributed by atoms with Crippen LogP contribution in [0.4, 0.5) is 10.5 Å². The number of likely N-dealkylation sites (tertiary alicyclic amines) is 1. The number of benzene rings is 2. The van der Waals surface area contributed by atoms with E-state index < -0.39 is 6.04 Å². The number of ether oxygens (including phenoxy) is 2. The summed E-state index contributed by atoms with van der Waals surface area (Å²) in [6.45, 7) is 1.17. The summed E-state index contributed by atoms with van der Waals surface area (Å²) in [6, 6.07) is 14.1. The lowest BCUT2D eigenvalue weighted by molar-refractivity contribution is -0.124. The quantitative estimate of drug-likeness (QED) is 0.871. The van der Waals surface area contributed by atoms with Gasteiger partial charge in [0.25, 0.3) is 0 Å². The summed E-state index contributed by atoms with van der Waals surface area (Å²) in [5.41, 5.74) is 1.64. The molecule has 1 atom stereocenters. The molecule has 0 radical (unpaired) electrons. The Bertz CT molecular complexity index is 840. The zero-order valence-electron chi connectivity index (χ0n) is 14.8. The van der Waals surface area contributed by atoms with Gasteiger partial charge in [0.15, 0.2) is 11.5 Å². The molecule has 3 amide bonds. The molecule has 4 rings (SSSR count). The Kier molecular flexibility index (Phi) is 4.82. The number of carbonyl (C=O) groups excluding carboxylic acids is 2. The van der Waals surface area contributed by atoms with Crippen LogP contribution in [0.1, 0.15) is 18.4 Å². The molecule has 2 aromatic rings. The molecule has 2 heterocycles. The number of amides is 3. The van der Waals surface area contributed by atoms with Gasteiger partial charge in [-0.25, -0.2) is 4.79 Å². The number of anilines is 1. The third-order valence-electron chi connectivity index (χ3n) is 4.75. The predicted octanol–water partition coefficient (Wildman–Crippen LogP) is 2.73. The van der Waals surface area contributed by atoms with Crippen LogP contribution in [0.3, 0.4) is 0 Å². The average molecular weight is 367 g/mol. The van der Waals surface area contributed by atoms with Gasteiger partial charge in [0.05, 0.1) is 0 Å². The average Bonchev–Trinajstić information content (AvgIpc) is 3.35. The number of nitrogens with one attached hydrogen (secondary N) is 2.